The largest absolute Gasteiger partial charge is 0.502 e. The third-order valence-electron chi connectivity index (χ3n) is 7.47. The van der Waals surface area contributed by atoms with Crippen molar-refractivity contribution in [3.8, 4) is 5.75 Å². The second-order valence-corrected chi connectivity index (χ2v) is 11.4. The Morgan fingerprint density at radius 3 is 2.65 bits per heavy atom. The summed E-state index contributed by atoms with van der Waals surface area (Å²) in [6, 6.07) is 6.69. The number of carboxylic acid groups (broad SMARTS) is 1. The van der Waals surface area contributed by atoms with E-state index < -0.39 is 35.5 Å². The highest BCUT2D eigenvalue weighted by atomic mass is 32.2. The number of urea groups is 1. The minimum absolute atomic E-state index is 0.0288. The van der Waals surface area contributed by atoms with Crippen molar-refractivity contribution >= 4 is 39.6 Å². The number of amides is 3. The van der Waals surface area contributed by atoms with E-state index in [9.17, 15) is 19.5 Å². The van der Waals surface area contributed by atoms with Crippen molar-refractivity contribution < 1.29 is 42.7 Å². The molecule has 40 heavy (non-hydrogen) atoms. The van der Waals surface area contributed by atoms with Gasteiger partial charge in [-0.1, -0.05) is 18.2 Å². The number of aromatic nitrogens is 1. The van der Waals surface area contributed by atoms with Crippen molar-refractivity contribution in [1.29, 1.82) is 0 Å². The van der Waals surface area contributed by atoms with Gasteiger partial charge in [-0.3, -0.25) is 0 Å². The second kappa shape index (κ2) is 11.2. The monoisotopic (exact) mass is 570 g/mol. The molecule has 2 aromatic rings. The lowest BCUT2D eigenvalue weighted by Gasteiger charge is -2.34. The highest BCUT2D eigenvalue weighted by Gasteiger charge is 2.60. The van der Waals surface area contributed by atoms with Crippen LogP contribution < -0.4 is 4.74 Å². The van der Waals surface area contributed by atoms with Crippen molar-refractivity contribution in [3.05, 3.63) is 53.8 Å². The molecule has 12 heteroatoms. The number of nitrogens with zero attached hydrogens (tertiary/aromatic N) is 3. The maximum Gasteiger partial charge on any atom is 0.502 e. The number of imide groups is 1. The lowest BCUT2D eigenvalue weighted by atomic mass is 9.93. The summed E-state index contributed by atoms with van der Waals surface area (Å²) in [6.07, 6.45) is 3.58. The van der Waals surface area contributed by atoms with Gasteiger partial charge in [-0.15, -0.1) is 4.90 Å². The summed E-state index contributed by atoms with van der Waals surface area (Å²) in [5.41, 5.74) is -0.422. The van der Waals surface area contributed by atoms with Crippen LogP contribution in [-0.4, -0.2) is 81.0 Å². The average Bonchev–Trinajstić information content (AvgIpc) is 3.59. The number of hydrogen-bond acceptors (Lipinski definition) is 9. The molecule has 4 heterocycles. The van der Waals surface area contributed by atoms with Crippen LogP contribution in [0.1, 0.15) is 51.2 Å². The third kappa shape index (κ3) is 4.95. The molecule has 1 saturated heterocycles. The zero-order chi connectivity index (χ0) is 28.6. The minimum Gasteiger partial charge on any atom is -0.496 e. The van der Waals surface area contributed by atoms with Crippen molar-refractivity contribution in [3.63, 3.8) is 0 Å². The van der Waals surface area contributed by atoms with E-state index in [4.69, 9.17) is 18.6 Å². The quantitative estimate of drug-likeness (QED) is 0.442. The molecule has 0 radical (unpaired) electrons. The summed E-state index contributed by atoms with van der Waals surface area (Å²) in [6.45, 7) is 5.64. The Morgan fingerprint density at radius 2 is 2.00 bits per heavy atom. The first-order chi connectivity index (χ1) is 19.1. The van der Waals surface area contributed by atoms with Crippen LogP contribution in [0.15, 0.2) is 46.7 Å². The Bertz CT molecular complexity index is 1380. The predicted molar refractivity (Wildman–Crippen MR) is 145 cm³/mol. The van der Waals surface area contributed by atoms with Gasteiger partial charge in [-0.2, -0.15) is 9.37 Å². The Balaban J connectivity index is 1.62. The van der Waals surface area contributed by atoms with E-state index in [1.165, 1.54) is 42.6 Å². The van der Waals surface area contributed by atoms with Gasteiger partial charge in [-0.05, 0) is 57.0 Å². The molecular weight excluding hydrogens is 538 g/mol. The maximum absolute atomic E-state index is 14.1. The fraction of sp³-hybridized carbons (Fsp3) is 0.464. The van der Waals surface area contributed by atoms with Crippen LogP contribution in [0.2, 0.25) is 0 Å². The number of oxazole rings is 1. The number of rotatable bonds is 9. The lowest BCUT2D eigenvalue weighted by Crippen LogP contribution is -2.63. The first-order valence-corrected chi connectivity index (χ1v) is 13.9. The van der Waals surface area contributed by atoms with Crippen LogP contribution in [0.3, 0.4) is 0 Å². The fourth-order valence-electron chi connectivity index (χ4n) is 5.18. The number of carbonyl (C=O) groups excluding carboxylic acids is 2. The van der Waals surface area contributed by atoms with E-state index >= 15 is 0 Å². The zero-order valence-corrected chi connectivity index (χ0v) is 23.6. The number of carbonyl (C=O) groups is 3. The highest BCUT2D eigenvalue weighted by molar-refractivity contribution is 8.22. The van der Waals surface area contributed by atoms with Crippen LogP contribution in [-0.2, 0) is 19.1 Å². The van der Waals surface area contributed by atoms with E-state index in [0.29, 0.717) is 53.2 Å². The first-order valence-electron chi connectivity index (χ1n) is 13.1. The molecule has 11 nitrogen and oxygen atoms in total. The number of carboxylic acids is 1. The van der Waals surface area contributed by atoms with Gasteiger partial charge >= 0.3 is 17.9 Å². The van der Waals surface area contributed by atoms with Gasteiger partial charge in [0.15, 0.2) is 11.0 Å². The van der Waals surface area contributed by atoms with E-state index in [1.807, 2.05) is 24.3 Å². The van der Waals surface area contributed by atoms with Crippen molar-refractivity contribution in [2.45, 2.75) is 51.4 Å². The molecule has 0 saturated carbocycles. The van der Waals surface area contributed by atoms with Gasteiger partial charge in [0.25, 0.3) is 0 Å². The van der Waals surface area contributed by atoms with Crippen molar-refractivity contribution in [1.82, 2.24) is 9.88 Å². The number of ether oxygens (including phenoxy) is 3. The number of hydrogen-bond donors (Lipinski definition) is 1. The SMILES string of the molecule is COc1ccccc1[C@@H](C[N+]1=C2SC(c3ncco3)=C(C)C2C(=O)N(C(C)(C)C(=O)O)C1=O)OC1CCOCC1. The van der Waals surface area contributed by atoms with Crippen LogP contribution in [0.5, 0.6) is 5.75 Å². The van der Waals surface area contributed by atoms with Gasteiger partial charge < -0.3 is 23.7 Å². The number of fused-ring (bicyclic) bond motifs is 1. The molecule has 1 fully saturated rings. The summed E-state index contributed by atoms with van der Waals surface area (Å²) in [4.78, 5) is 45.9. The van der Waals surface area contributed by atoms with Gasteiger partial charge in [0.2, 0.25) is 11.4 Å². The molecular formula is C28H32N3O8S+. The predicted octanol–water partition coefficient (Wildman–Crippen LogP) is 3.95. The van der Waals surface area contributed by atoms with Crippen molar-refractivity contribution in [2.75, 3.05) is 26.9 Å². The van der Waals surface area contributed by atoms with Crippen LogP contribution in [0.4, 0.5) is 4.79 Å². The Hall–Kier alpha value is -3.48. The molecule has 0 spiro atoms. The zero-order valence-electron chi connectivity index (χ0n) is 22.8. The summed E-state index contributed by atoms with van der Waals surface area (Å²) < 4.78 is 24.7. The third-order valence-corrected chi connectivity index (χ3v) is 8.83. The van der Waals surface area contributed by atoms with Gasteiger partial charge in [0, 0.05) is 18.8 Å². The smallest absolute Gasteiger partial charge is 0.496 e. The summed E-state index contributed by atoms with van der Waals surface area (Å²) in [5, 5.41) is 10.5. The number of para-hydroxylation sites is 1. The second-order valence-electron chi connectivity index (χ2n) is 10.3. The standard InChI is InChI=1S/C28H31N3O8S/c1-16-21-24(32)31(28(2,3)26(33)34)27(35)30(25(21)40-22(16)23-29-11-14-38-23)15-20(39-17-9-12-37-13-10-17)18-7-5-6-8-19(18)36-4/h5-8,11,14,17,20-21H,9-10,12-13,15H2,1-4H3/p+1/t20-,21?/m1/s1. The molecule has 3 aliphatic heterocycles. The lowest BCUT2D eigenvalue weighted by molar-refractivity contribution is -0.455. The molecule has 2 atom stereocenters. The highest BCUT2D eigenvalue weighted by Crippen LogP contribution is 2.47. The molecule has 3 aliphatic rings. The van der Waals surface area contributed by atoms with Gasteiger partial charge in [0.05, 0.1) is 24.3 Å². The molecule has 1 aromatic carbocycles. The fourth-order valence-corrected chi connectivity index (χ4v) is 6.52. The van der Waals surface area contributed by atoms with E-state index in [1.54, 1.807) is 14.0 Å². The molecule has 0 aliphatic carbocycles. The van der Waals surface area contributed by atoms with Gasteiger partial charge in [-0.25, -0.2) is 14.6 Å². The van der Waals surface area contributed by atoms with E-state index in [-0.39, 0.29) is 12.6 Å². The first kappa shape index (κ1) is 28.1. The van der Waals surface area contributed by atoms with Crippen molar-refractivity contribution in [2.24, 2.45) is 5.92 Å². The average molecular weight is 571 g/mol. The topological polar surface area (TPSA) is 131 Å². The molecule has 1 N–H and O–H groups in total. The number of benzene rings is 1. The normalized spacial score (nSPS) is 21.2. The summed E-state index contributed by atoms with van der Waals surface area (Å²) in [5.74, 6) is -1.84. The molecule has 1 unspecified atom stereocenters. The molecule has 212 valence electrons. The number of thioether (sulfide) groups is 1. The Kier molecular flexibility index (Phi) is 7.85. The van der Waals surface area contributed by atoms with E-state index in [2.05, 4.69) is 4.98 Å². The summed E-state index contributed by atoms with van der Waals surface area (Å²) >= 11 is 1.23. The molecule has 1 aromatic heterocycles. The molecule has 0 bridgehead atoms. The van der Waals surface area contributed by atoms with Crippen LogP contribution >= 0.6 is 11.8 Å². The molecule has 3 amide bonds. The minimum atomic E-state index is -1.80. The maximum atomic E-state index is 14.1. The number of aliphatic carboxylic acids is 1. The van der Waals surface area contributed by atoms with Gasteiger partial charge in [0.1, 0.15) is 24.7 Å². The Morgan fingerprint density at radius 1 is 1.27 bits per heavy atom. The Labute approximate surface area is 235 Å². The summed E-state index contributed by atoms with van der Waals surface area (Å²) in [7, 11) is 1.57. The number of methoxy groups -OCH3 is 1. The molecule has 5 rings (SSSR count). The van der Waals surface area contributed by atoms with Crippen LogP contribution in [0, 0.1) is 5.92 Å². The van der Waals surface area contributed by atoms with Crippen LogP contribution in [0.25, 0.3) is 4.91 Å². The van der Waals surface area contributed by atoms with E-state index in [0.717, 1.165) is 10.5 Å².